The van der Waals surface area contributed by atoms with Gasteiger partial charge < -0.3 is 14.4 Å². The summed E-state index contributed by atoms with van der Waals surface area (Å²) in [6.45, 7) is 4.79. The average Bonchev–Trinajstić information content (AvgIpc) is 2.54. The van der Waals surface area contributed by atoms with Crippen molar-refractivity contribution < 1.29 is 23.5 Å². The topological polar surface area (TPSA) is 55.8 Å². The Morgan fingerprint density at radius 1 is 1.35 bits per heavy atom. The van der Waals surface area contributed by atoms with Crippen LogP contribution in [0.15, 0.2) is 24.3 Å². The van der Waals surface area contributed by atoms with Crippen molar-refractivity contribution >= 4 is 11.9 Å². The fourth-order valence-corrected chi connectivity index (χ4v) is 2.65. The molecule has 0 radical (unpaired) electrons. The maximum Gasteiger partial charge on any atom is 0.309 e. The van der Waals surface area contributed by atoms with Crippen LogP contribution in [0.2, 0.25) is 0 Å². The number of piperidine rings is 1. The second-order valence-electron chi connectivity index (χ2n) is 5.57. The second-order valence-corrected chi connectivity index (χ2v) is 5.57. The lowest BCUT2D eigenvalue weighted by molar-refractivity contribution is -0.152. The molecular formula is C17H22FNO4. The number of likely N-dealkylation sites (tertiary alicyclic amines) is 1. The van der Waals surface area contributed by atoms with Crippen molar-refractivity contribution in [2.75, 3.05) is 19.7 Å². The van der Waals surface area contributed by atoms with Gasteiger partial charge >= 0.3 is 5.97 Å². The van der Waals surface area contributed by atoms with Crippen LogP contribution in [0.3, 0.4) is 0 Å². The SMILES string of the molecule is CCOC(=O)C1CCN(C(=O)C(C)Oc2cccc(F)c2)CC1. The van der Waals surface area contributed by atoms with Gasteiger partial charge in [0.2, 0.25) is 0 Å². The molecule has 0 aliphatic carbocycles. The Kier molecular flexibility index (Phi) is 5.96. The molecule has 1 aliphatic rings. The van der Waals surface area contributed by atoms with Crippen LogP contribution in [0.25, 0.3) is 0 Å². The number of hydrogen-bond acceptors (Lipinski definition) is 4. The summed E-state index contributed by atoms with van der Waals surface area (Å²) in [6, 6.07) is 5.71. The predicted molar refractivity (Wildman–Crippen MR) is 82.4 cm³/mol. The van der Waals surface area contributed by atoms with E-state index in [4.69, 9.17) is 9.47 Å². The fourth-order valence-electron chi connectivity index (χ4n) is 2.65. The average molecular weight is 323 g/mol. The summed E-state index contributed by atoms with van der Waals surface area (Å²) in [6.07, 6.45) is 0.491. The van der Waals surface area contributed by atoms with Crippen molar-refractivity contribution in [2.45, 2.75) is 32.8 Å². The second kappa shape index (κ2) is 7.94. The highest BCUT2D eigenvalue weighted by Crippen LogP contribution is 2.20. The Balaban J connectivity index is 1.85. The summed E-state index contributed by atoms with van der Waals surface area (Å²) in [5.41, 5.74) is 0. The van der Waals surface area contributed by atoms with Gasteiger partial charge in [0.05, 0.1) is 12.5 Å². The monoisotopic (exact) mass is 323 g/mol. The Morgan fingerprint density at radius 2 is 2.04 bits per heavy atom. The lowest BCUT2D eigenvalue weighted by Crippen LogP contribution is -2.45. The summed E-state index contributed by atoms with van der Waals surface area (Å²) < 4.78 is 23.6. The van der Waals surface area contributed by atoms with Crippen LogP contribution in [0.5, 0.6) is 5.75 Å². The predicted octanol–water partition coefficient (Wildman–Crippen LogP) is 2.39. The molecule has 0 spiro atoms. The van der Waals surface area contributed by atoms with E-state index in [1.165, 1.54) is 18.2 Å². The summed E-state index contributed by atoms with van der Waals surface area (Å²) in [5, 5.41) is 0. The van der Waals surface area contributed by atoms with Crippen LogP contribution in [0.1, 0.15) is 26.7 Å². The van der Waals surface area contributed by atoms with E-state index in [-0.39, 0.29) is 17.8 Å². The van der Waals surface area contributed by atoms with Crippen molar-refractivity contribution in [2.24, 2.45) is 5.92 Å². The van der Waals surface area contributed by atoms with Crippen LogP contribution < -0.4 is 4.74 Å². The first-order valence-electron chi connectivity index (χ1n) is 7.89. The van der Waals surface area contributed by atoms with Gasteiger partial charge in [-0.15, -0.1) is 0 Å². The molecule has 6 heteroatoms. The highest BCUT2D eigenvalue weighted by molar-refractivity contribution is 5.81. The van der Waals surface area contributed by atoms with Crippen LogP contribution >= 0.6 is 0 Å². The molecule has 1 heterocycles. The number of carbonyl (C=O) groups is 2. The maximum atomic E-state index is 13.1. The maximum absolute atomic E-state index is 13.1. The van der Waals surface area contributed by atoms with E-state index in [2.05, 4.69) is 0 Å². The van der Waals surface area contributed by atoms with Gasteiger partial charge in [-0.1, -0.05) is 6.07 Å². The molecule has 1 amide bonds. The minimum atomic E-state index is -0.698. The number of amides is 1. The first kappa shape index (κ1) is 17.2. The minimum Gasteiger partial charge on any atom is -0.481 e. The van der Waals surface area contributed by atoms with Crippen molar-refractivity contribution in [1.82, 2.24) is 4.90 Å². The summed E-state index contributed by atoms with van der Waals surface area (Å²) >= 11 is 0. The molecule has 1 aliphatic heterocycles. The van der Waals surface area contributed by atoms with Gasteiger partial charge in [0.15, 0.2) is 6.10 Å². The van der Waals surface area contributed by atoms with E-state index in [0.717, 1.165) is 0 Å². The molecule has 1 atom stereocenters. The highest BCUT2D eigenvalue weighted by atomic mass is 19.1. The number of benzene rings is 1. The molecule has 1 aromatic carbocycles. The zero-order valence-corrected chi connectivity index (χ0v) is 13.5. The molecule has 5 nitrogen and oxygen atoms in total. The molecule has 0 aromatic heterocycles. The van der Waals surface area contributed by atoms with Gasteiger partial charge in [0.25, 0.3) is 5.91 Å². The number of ether oxygens (including phenoxy) is 2. The van der Waals surface area contributed by atoms with E-state index in [0.29, 0.717) is 38.3 Å². The van der Waals surface area contributed by atoms with Gasteiger partial charge in [-0.3, -0.25) is 9.59 Å². The molecule has 1 fully saturated rings. The smallest absolute Gasteiger partial charge is 0.309 e. The Morgan fingerprint density at radius 3 is 2.65 bits per heavy atom. The van der Waals surface area contributed by atoms with Gasteiger partial charge in [-0.2, -0.15) is 0 Å². The normalized spacial score (nSPS) is 16.7. The van der Waals surface area contributed by atoms with Crippen LogP contribution in [-0.4, -0.2) is 42.6 Å². The lowest BCUT2D eigenvalue weighted by atomic mass is 9.97. The van der Waals surface area contributed by atoms with E-state index >= 15 is 0 Å². The number of rotatable bonds is 5. The van der Waals surface area contributed by atoms with Crippen LogP contribution in [0, 0.1) is 11.7 Å². The van der Waals surface area contributed by atoms with Crippen molar-refractivity contribution in [3.63, 3.8) is 0 Å². The number of halogens is 1. The largest absolute Gasteiger partial charge is 0.481 e. The molecule has 126 valence electrons. The Labute approximate surface area is 135 Å². The van der Waals surface area contributed by atoms with Crippen molar-refractivity contribution in [3.8, 4) is 5.75 Å². The van der Waals surface area contributed by atoms with Crippen LogP contribution in [0.4, 0.5) is 4.39 Å². The number of hydrogen-bond donors (Lipinski definition) is 0. The first-order valence-corrected chi connectivity index (χ1v) is 7.89. The summed E-state index contributed by atoms with van der Waals surface area (Å²) in [7, 11) is 0. The molecule has 2 rings (SSSR count). The van der Waals surface area contributed by atoms with Gasteiger partial charge in [0.1, 0.15) is 11.6 Å². The minimum absolute atomic E-state index is 0.140. The number of esters is 1. The lowest BCUT2D eigenvalue weighted by Gasteiger charge is -2.32. The zero-order chi connectivity index (χ0) is 16.8. The van der Waals surface area contributed by atoms with Crippen molar-refractivity contribution in [1.29, 1.82) is 0 Å². The highest BCUT2D eigenvalue weighted by Gasteiger charge is 2.30. The molecule has 0 saturated carbocycles. The molecule has 1 unspecified atom stereocenters. The Hall–Kier alpha value is -2.11. The molecule has 0 N–H and O–H groups in total. The quantitative estimate of drug-likeness (QED) is 0.781. The van der Waals surface area contributed by atoms with E-state index in [9.17, 15) is 14.0 Å². The standard InChI is InChI=1S/C17H22FNO4/c1-3-22-17(21)13-7-9-19(10-8-13)16(20)12(2)23-15-6-4-5-14(18)11-15/h4-6,11-13H,3,7-10H2,1-2H3. The zero-order valence-electron chi connectivity index (χ0n) is 13.5. The number of carbonyl (C=O) groups excluding carboxylic acids is 2. The van der Waals surface area contributed by atoms with Gasteiger partial charge in [-0.25, -0.2) is 4.39 Å². The summed E-state index contributed by atoms with van der Waals surface area (Å²) in [4.78, 5) is 25.8. The van der Waals surface area contributed by atoms with Gasteiger partial charge in [0, 0.05) is 19.2 Å². The molecule has 1 aromatic rings. The third kappa shape index (κ3) is 4.68. The number of nitrogens with zero attached hydrogens (tertiary/aromatic N) is 1. The van der Waals surface area contributed by atoms with E-state index < -0.39 is 11.9 Å². The van der Waals surface area contributed by atoms with E-state index in [1.54, 1.807) is 24.8 Å². The Bertz CT molecular complexity index is 555. The van der Waals surface area contributed by atoms with Gasteiger partial charge in [-0.05, 0) is 38.8 Å². The third-order valence-corrected chi connectivity index (χ3v) is 3.88. The molecular weight excluding hydrogens is 301 g/mol. The molecule has 1 saturated heterocycles. The first-order chi connectivity index (χ1) is 11.0. The van der Waals surface area contributed by atoms with E-state index in [1.807, 2.05) is 0 Å². The molecule has 23 heavy (non-hydrogen) atoms. The summed E-state index contributed by atoms with van der Waals surface area (Å²) in [5.74, 6) is -0.566. The van der Waals surface area contributed by atoms with Crippen molar-refractivity contribution in [3.05, 3.63) is 30.1 Å². The fraction of sp³-hybridized carbons (Fsp3) is 0.529. The third-order valence-electron chi connectivity index (χ3n) is 3.88. The van der Waals surface area contributed by atoms with Crippen LogP contribution in [-0.2, 0) is 14.3 Å². The molecule has 0 bridgehead atoms.